The van der Waals surface area contributed by atoms with E-state index in [4.69, 9.17) is 10.9 Å². The van der Waals surface area contributed by atoms with Gasteiger partial charge in [0.25, 0.3) is 5.91 Å². The van der Waals surface area contributed by atoms with Gasteiger partial charge in [-0.25, -0.2) is 5.48 Å². The lowest BCUT2D eigenvalue weighted by molar-refractivity contribution is 0.0706. The Hall–Kier alpha value is -2.45. The number of pyridine rings is 1. The zero-order valence-corrected chi connectivity index (χ0v) is 14.2. The zero-order chi connectivity index (χ0) is 17.0. The Morgan fingerprint density at radius 3 is 2.61 bits per heavy atom. The van der Waals surface area contributed by atoms with Crippen molar-refractivity contribution in [3.05, 3.63) is 58.0 Å². The highest BCUT2D eigenvalue weighted by molar-refractivity contribution is 9.10. The molecule has 0 saturated carbocycles. The third kappa shape index (κ3) is 4.05. The standard InChI is InChI=1S/C8H8N4O2.C7H8BrN/c1-5-9-10-7-3-2-6(4-12(5)7)8(13)11-14;1-5-4-6(8)2-3-7(5)9/h2-4,14H,1H3,(H,11,13);2-4H,9H2,1H3. The van der Waals surface area contributed by atoms with E-state index in [-0.39, 0.29) is 0 Å². The highest BCUT2D eigenvalue weighted by atomic mass is 79.9. The van der Waals surface area contributed by atoms with Crippen molar-refractivity contribution in [2.45, 2.75) is 13.8 Å². The Bertz CT molecular complexity index is 847. The van der Waals surface area contributed by atoms with Gasteiger partial charge in [0.05, 0.1) is 5.56 Å². The van der Waals surface area contributed by atoms with Crippen LogP contribution < -0.4 is 11.2 Å². The molecule has 0 aliphatic heterocycles. The molecule has 0 fully saturated rings. The molecular weight excluding hydrogens is 362 g/mol. The molecule has 0 aliphatic rings. The number of fused-ring (bicyclic) bond motifs is 1. The Balaban J connectivity index is 0.000000185. The second-order valence-corrected chi connectivity index (χ2v) is 5.75. The lowest BCUT2D eigenvalue weighted by Gasteiger charge is -1.99. The molecule has 0 radical (unpaired) electrons. The number of hydrogen-bond acceptors (Lipinski definition) is 5. The van der Waals surface area contributed by atoms with E-state index < -0.39 is 5.91 Å². The fraction of sp³-hybridized carbons (Fsp3) is 0.133. The molecule has 7 nitrogen and oxygen atoms in total. The van der Waals surface area contributed by atoms with Crippen LogP contribution in [0, 0.1) is 13.8 Å². The van der Waals surface area contributed by atoms with Gasteiger partial charge in [-0.3, -0.25) is 14.4 Å². The number of halogens is 1. The van der Waals surface area contributed by atoms with Gasteiger partial charge >= 0.3 is 0 Å². The van der Waals surface area contributed by atoms with Crippen LogP contribution in [0.3, 0.4) is 0 Å². The van der Waals surface area contributed by atoms with Crippen LogP contribution >= 0.6 is 15.9 Å². The van der Waals surface area contributed by atoms with Crippen molar-refractivity contribution in [3.63, 3.8) is 0 Å². The Morgan fingerprint density at radius 1 is 1.26 bits per heavy atom. The molecule has 0 spiro atoms. The second-order valence-electron chi connectivity index (χ2n) is 4.84. The van der Waals surface area contributed by atoms with Gasteiger partial charge in [-0.15, -0.1) is 10.2 Å². The van der Waals surface area contributed by atoms with Gasteiger partial charge in [0.15, 0.2) is 5.65 Å². The number of amides is 1. The predicted molar refractivity (Wildman–Crippen MR) is 90.3 cm³/mol. The van der Waals surface area contributed by atoms with Crippen LogP contribution in [-0.2, 0) is 0 Å². The van der Waals surface area contributed by atoms with Crippen molar-refractivity contribution in [1.29, 1.82) is 0 Å². The molecule has 0 unspecified atom stereocenters. The fourth-order valence-electron chi connectivity index (χ4n) is 1.84. The molecule has 1 amide bonds. The predicted octanol–water partition coefficient (Wildman–Crippen LogP) is 2.50. The number of nitrogens with one attached hydrogen (secondary N) is 1. The quantitative estimate of drug-likeness (QED) is 0.343. The van der Waals surface area contributed by atoms with Crippen molar-refractivity contribution in [3.8, 4) is 0 Å². The van der Waals surface area contributed by atoms with Crippen LogP contribution in [0.1, 0.15) is 21.7 Å². The summed E-state index contributed by atoms with van der Waals surface area (Å²) in [6.45, 7) is 3.76. The lowest BCUT2D eigenvalue weighted by atomic mass is 10.2. The molecule has 0 aliphatic carbocycles. The molecule has 3 rings (SSSR count). The minimum Gasteiger partial charge on any atom is -0.399 e. The summed E-state index contributed by atoms with van der Waals surface area (Å²) < 4.78 is 2.75. The molecule has 2 heterocycles. The monoisotopic (exact) mass is 377 g/mol. The molecule has 0 atom stereocenters. The smallest absolute Gasteiger partial charge is 0.276 e. The van der Waals surface area contributed by atoms with E-state index in [9.17, 15) is 4.79 Å². The van der Waals surface area contributed by atoms with Crippen LogP contribution in [0.5, 0.6) is 0 Å². The second kappa shape index (κ2) is 7.21. The number of hydrogen-bond donors (Lipinski definition) is 3. The van der Waals surface area contributed by atoms with Crippen LogP contribution in [0.15, 0.2) is 41.0 Å². The van der Waals surface area contributed by atoms with Gasteiger partial charge in [-0.2, -0.15) is 0 Å². The molecule has 1 aromatic carbocycles. The first-order valence-electron chi connectivity index (χ1n) is 6.70. The van der Waals surface area contributed by atoms with Gasteiger partial charge in [-0.1, -0.05) is 15.9 Å². The summed E-state index contributed by atoms with van der Waals surface area (Å²) in [6, 6.07) is 9.04. The summed E-state index contributed by atoms with van der Waals surface area (Å²) in [4.78, 5) is 11.1. The summed E-state index contributed by atoms with van der Waals surface area (Å²) in [7, 11) is 0. The fourth-order valence-corrected chi connectivity index (χ4v) is 2.32. The molecular formula is C15H16BrN5O2. The number of carbonyl (C=O) groups excluding carboxylic acids is 1. The number of anilines is 1. The third-order valence-corrected chi connectivity index (χ3v) is 3.66. The van der Waals surface area contributed by atoms with Crippen LogP contribution in [0.25, 0.3) is 5.65 Å². The normalized spacial score (nSPS) is 10.1. The van der Waals surface area contributed by atoms with E-state index in [0.717, 1.165) is 15.7 Å². The van der Waals surface area contributed by atoms with E-state index in [1.165, 1.54) is 0 Å². The van der Waals surface area contributed by atoms with Gasteiger partial charge in [-0.05, 0) is 49.7 Å². The van der Waals surface area contributed by atoms with Crippen molar-refractivity contribution in [1.82, 2.24) is 20.1 Å². The number of aryl methyl sites for hydroxylation is 2. The van der Waals surface area contributed by atoms with Gasteiger partial charge in [0.1, 0.15) is 5.82 Å². The van der Waals surface area contributed by atoms with E-state index in [2.05, 4.69) is 26.1 Å². The highest BCUT2D eigenvalue weighted by Crippen LogP contribution is 2.16. The zero-order valence-electron chi connectivity index (χ0n) is 12.6. The maximum atomic E-state index is 11.1. The summed E-state index contributed by atoms with van der Waals surface area (Å²) in [5, 5.41) is 16.1. The Morgan fingerprint density at radius 2 is 2.00 bits per heavy atom. The summed E-state index contributed by atoms with van der Waals surface area (Å²) in [5.41, 5.74) is 10.1. The molecule has 2 aromatic heterocycles. The molecule has 0 bridgehead atoms. The van der Waals surface area contributed by atoms with Gasteiger partial charge < -0.3 is 5.73 Å². The number of benzene rings is 1. The first-order valence-corrected chi connectivity index (χ1v) is 7.49. The van der Waals surface area contributed by atoms with E-state index in [1.807, 2.05) is 25.1 Å². The van der Waals surface area contributed by atoms with Crippen molar-refractivity contribution < 1.29 is 10.0 Å². The first-order chi connectivity index (χ1) is 10.9. The number of aromatic nitrogens is 3. The minimum absolute atomic E-state index is 0.350. The average Bonchev–Trinajstić information content (AvgIpc) is 2.92. The summed E-state index contributed by atoms with van der Waals surface area (Å²) >= 11 is 3.34. The number of carbonyl (C=O) groups is 1. The highest BCUT2D eigenvalue weighted by Gasteiger charge is 2.06. The molecule has 8 heteroatoms. The Kier molecular flexibility index (Phi) is 5.30. The van der Waals surface area contributed by atoms with Crippen molar-refractivity contribution in [2.75, 3.05) is 5.73 Å². The molecule has 0 saturated heterocycles. The van der Waals surface area contributed by atoms with Crippen molar-refractivity contribution in [2.24, 2.45) is 0 Å². The minimum atomic E-state index is -0.556. The molecule has 4 N–H and O–H groups in total. The SMILES string of the molecule is Cc1cc(Br)ccc1N.Cc1nnc2ccc(C(=O)NO)cn12. The topological polar surface area (TPSA) is 106 Å². The average molecular weight is 378 g/mol. The summed E-state index contributed by atoms with van der Waals surface area (Å²) in [5.74, 6) is 0.132. The number of nitrogens with two attached hydrogens (primary N) is 1. The molecule has 23 heavy (non-hydrogen) atoms. The number of hydroxylamine groups is 1. The van der Waals surface area contributed by atoms with Crippen LogP contribution in [-0.4, -0.2) is 25.7 Å². The largest absolute Gasteiger partial charge is 0.399 e. The number of nitrogens with zero attached hydrogens (tertiary/aromatic N) is 3. The van der Waals surface area contributed by atoms with E-state index in [0.29, 0.717) is 17.0 Å². The van der Waals surface area contributed by atoms with E-state index >= 15 is 0 Å². The maximum absolute atomic E-state index is 11.1. The summed E-state index contributed by atoms with van der Waals surface area (Å²) in [6.07, 6.45) is 1.57. The molecule has 3 aromatic rings. The number of nitrogen functional groups attached to an aromatic ring is 1. The number of rotatable bonds is 1. The lowest BCUT2D eigenvalue weighted by Crippen LogP contribution is -2.18. The van der Waals surface area contributed by atoms with Gasteiger partial charge in [0, 0.05) is 16.4 Å². The maximum Gasteiger partial charge on any atom is 0.276 e. The third-order valence-electron chi connectivity index (χ3n) is 3.17. The Labute approximate surface area is 141 Å². The van der Waals surface area contributed by atoms with Crippen LogP contribution in [0.2, 0.25) is 0 Å². The van der Waals surface area contributed by atoms with Crippen molar-refractivity contribution >= 4 is 33.2 Å². The van der Waals surface area contributed by atoms with Gasteiger partial charge in [0.2, 0.25) is 0 Å². The van der Waals surface area contributed by atoms with Crippen LogP contribution in [0.4, 0.5) is 5.69 Å². The molecule has 120 valence electrons. The first kappa shape index (κ1) is 16.9. The van der Waals surface area contributed by atoms with E-state index in [1.54, 1.807) is 35.1 Å².